The first-order valence-electron chi connectivity index (χ1n) is 8.02. The van der Waals surface area contributed by atoms with E-state index in [-0.39, 0.29) is 17.9 Å². The van der Waals surface area contributed by atoms with E-state index >= 15 is 0 Å². The highest BCUT2D eigenvalue weighted by Crippen LogP contribution is 2.26. The summed E-state index contributed by atoms with van der Waals surface area (Å²) in [6.45, 7) is 1.91. The normalized spacial score (nSPS) is 23.2. The van der Waals surface area contributed by atoms with Crippen LogP contribution in [0.15, 0.2) is 0 Å². The Labute approximate surface area is 129 Å². The number of nitrogens with two attached hydrogens (primary N) is 1. The zero-order chi connectivity index (χ0) is 15.7. The Morgan fingerprint density at radius 3 is 2.82 bits per heavy atom. The number of hydrogen-bond donors (Lipinski definition) is 3. The molecule has 2 unspecified atom stereocenters. The van der Waals surface area contributed by atoms with Gasteiger partial charge in [0.1, 0.15) is 5.82 Å². The summed E-state index contributed by atoms with van der Waals surface area (Å²) in [5.74, 6) is 0.485. The third kappa shape index (κ3) is 2.72. The molecule has 7 heteroatoms. The van der Waals surface area contributed by atoms with Gasteiger partial charge >= 0.3 is 0 Å². The molecule has 0 saturated heterocycles. The van der Waals surface area contributed by atoms with Crippen molar-refractivity contribution in [3.05, 3.63) is 5.69 Å². The zero-order valence-corrected chi connectivity index (χ0v) is 13.2. The monoisotopic (exact) mass is 304 g/mol. The molecule has 0 aliphatic heterocycles. The van der Waals surface area contributed by atoms with Crippen LogP contribution in [-0.2, 0) is 11.8 Å². The summed E-state index contributed by atoms with van der Waals surface area (Å²) in [4.78, 5) is 12.6. The second kappa shape index (κ2) is 6.08. The molecule has 2 aromatic rings. The number of aromatic nitrogens is 4. The minimum Gasteiger partial charge on any atom is -0.327 e. The molecule has 1 aliphatic carbocycles. The molecule has 0 spiro atoms. The van der Waals surface area contributed by atoms with Crippen LogP contribution in [-0.4, -0.2) is 31.9 Å². The number of carbonyl (C=O) groups is 1. The van der Waals surface area contributed by atoms with Crippen LogP contribution in [0.2, 0.25) is 0 Å². The van der Waals surface area contributed by atoms with Gasteiger partial charge in [-0.1, -0.05) is 25.7 Å². The standard InChI is InChI=1S/C15H24N6O/c1-9-12-13(18-19-14(12)21(2)20-9)17-15(22)10-7-5-3-4-6-8-11(10)16/h10-11H,3-8,16H2,1-2H3,(H2,17,18,19,22). The predicted molar refractivity (Wildman–Crippen MR) is 85.4 cm³/mol. The van der Waals surface area contributed by atoms with Gasteiger partial charge in [0.2, 0.25) is 5.91 Å². The Bertz CT molecular complexity index is 673. The van der Waals surface area contributed by atoms with Crippen molar-refractivity contribution < 1.29 is 4.79 Å². The van der Waals surface area contributed by atoms with Crippen LogP contribution in [0.3, 0.4) is 0 Å². The van der Waals surface area contributed by atoms with E-state index in [2.05, 4.69) is 20.6 Å². The Balaban J connectivity index is 1.79. The molecule has 1 fully saturated rings. The lowest BCUT2D eigenvalue weighted by Gasteiger charge is -2.25. The maximum atomic E-state index is 12.6. The molecule has 120 valence electrons. The molecule has 0 aromatic carbocycles. The number of amides is 1. The molecule has 4 N–H and O–H groups in total. The fourth-order valence-electron chi connectivity index (χ4n) is 3.38. The number of aryl methyl sites for hydroxylation is 2. The number of H-pyrrole nitrogens is 1. The minimum absolute atomic E-state index is 0.0109. The van der Waals surface area contributed by atoms with Gasteiger partial charge in [0.15, 0.2) is 5.65 Å². The van der Waals surface area contributed by atoms with Crippen LogP contribution in [0.1, 0.15) is 44.2 Å². The molecule has 3 rings (SSSR count). The lowest BCUT2D eigenvalue weighted by Crippen LogP contribution is -2.39. The highest BCUT2D eigenvalue weighted by atomic mass is 16.2. The van der Waals surface area contributed by atoms with Gasteiger partial charge in [0.05, 0.1) is 17.0 Å². The number of anilines is 1. The van der Waals surface area contributed by atoms with Crippen molar-refractivity contribution in [3.63, 3.8) is 0 Å². The predicted octanol–water partition coefficient (Wildman–Crippen LogP) is 1.84. The van der Waals surface area contributed by atoms with Gasteiger partial charge < -0.3 is 11.1 Å². The first-order chi connectivity index (χ1) is 10.6. The number of aromatic amines is 1. The first-order valence-corrected chi connectivity index (χ1v) is 8.02. The third-order valence-corrected chi connectivity index (χ3v) is 4.62. The van der Waals surface area contributed by atoms with Gasteiger partial charge in [0.25, 0.3) is 0 Å². The van der Waals surface area contributed by atoms with Crippen LogP contribution in [0.5, 0.6) is 0 Å². The summed E-state index contributed by atoms with van der Waals surface area (Å²) in [7, 11) is 1.84. The molecule has 2 aromatic heterocycles. The van der Waals surface area contributed by atoms with Gasteiger partial charge in [-0.25, -0.2) is 4.68 Å². The van der Waals surface area contributed by atoms with E-state index in [0.717, 1.165) is 42.4 Å². The number of fused-ring (bicyclic) bond motifs is 1. The SMILES string of the molecule is Cc1nn(C)c2n[nH]c(NC(=O)C3CCCCCCC3N)c12. The van der Waals surface area contributed by atoms with E-state index in [4.69, 9.17) is 5.73 Å². The topological polar surface area (TPSA) is 102 Å². The van der Waals surface area contributed by atoms with E-state index in [1.807, 2.05) is 14.0 Å². The van der Waals surface area contributed by atoms with Crippen LogP contribution in [0.25, 0.3) is 11.0 Å². The highest BCUT2D eigenvalue weighted by Gasteiger charge is 2.27. The third-order valence-electron chi connectivity index (χ3n) is 4.62. The van der Waals surface area contributed by atoms with Crippen molar-refractivity contribution in [2.75, 3.05) is 5.32 Å². The van der Waals surface area contributed by atoms with Crippen molar-refractivity contribution in [1.29, 1.82) is 0 Å². The van der Waals surface area contributed by atoms with Gasteiger partial charge in [-0.05, 0) is 19.8 Å². The summed E-state index contributed by atoms with van der Waals surface area (Å²) in [6, 6.07) is -0.0614. The molecule has 1 saturated carbocycles. The van der Waals surface area contributed by atoms with Crippen molar-refractivity contribution >= 4 is 22.8 Å². The molecule has 2 atom stereocenters. The number of rotatable bonds is 2. The molecule has 7 nitrogen and oxygen atoms in total. The smallest absolute Gasteiger partial charge is 0.230 e. The highest BCUT2D eigenvalue weighted by molar-refractivity contribution is 6.00. The van der Waals surface area contributed by atoms with Gasteiger partial charge in [-0.2, -0.15) is 10.2 Å². The number of nitrogens with zero attached hydrogens (tertiary/aromatic N) is 3. The lowest BCUT2D eigenvalue weighted by atomic mass is 9.86. The van der Waals surface area contributed by atoms with Gasteiger partial charge in [-0.3, -0.25) is 9.89 Å². The Morgan fingerprint density at radius 1 is 1.32 bits per heavy atom. The van der Waals surface area contributed by atoms with Crippen LogP contribution in [0, 0.1) is 12.8 Å². The average molecular weight is 304 g/mol. The van der Waals surface area contributed by atoms with E-state index < -0.39 is 0 Å². The summed E-state index contributed by atoms with van der Waals surface area (Å²) in [5.41, 5.74) is 7.82. The molecule has 2 heterocycles. The molecule has 1 amide bonds. The Morgan fingerprint density at radius 2 is 2.05 bits per heavy atom. The van der Waals surface area contributed by atoms with E-state index in [0.29, 0.717) is 5.82 Å². The summed E-state index contributed by atoms with van der Waals surface area (Å²) >= 11 is 0. The Hall–Kier alpha value is -1.89. The quantitative estimate of drug-likeness (QED) is 0.788. The van der Waals surface area contributed by atoms with E-state index in [1.54, 1.807) is 4.68 Å². The molecule has 22 heavy (non-hydrogen) atoms. The van der Waals surface area contributed by atoms with Gasteiger partial charge in [0, 0.05) is 13.1 Å². The maximum Gasteiger partial charge on any atom is 0.230 e. The molecular weight excluding hydrogens is 280 g/mol. The summed E-state index contributed by atoms with van der Waals surface area (Å²) < 4.78 is 1.71. The van der Waals surface area contributed by atoms with Crippen LogP contribution >= 0.6 is 0 Å². The maximum absolute atomic E-state index is 12.6. The first kappa shape index (κ1) is 15.0. The van der Waals surface area contributed by atoms with Crippen molar-refractivity contribution in [2.24, 2.45) is 18.7 Å². The van der Waals surface area contributed by atoms with Crippen LogP contribution in [0.4, 0.5) is 5.82 Å². The van der Waals surface area contributed by atoms with Crippen molar-refractivity contribution in [3.8, 4) is 0 Å². The fourth-order valence-corrected chi connectivity index (χ4v) is 3.38. The van der Waals surface area contributed by atoms with E-state index in [1.165, 1.54) is 12.8 Å². The second-order valence-electron chi connectivity index (χ2n) is 6.26. The summed E-state index contributed by atoms with van der Waals surface area (Å²) in [5, 5.41) is 15.3. The van der Waals surface area contributed by atoms with Crippen LogP contribution < -0.4 is 11.1 Å². The molecular formula is C15H24N6O. The summed E-state index contributed by atoms with van der Waals surface area (Å²) in [6.07, 6.45) is 6.36. The average Bonchev–Trinajstić information content (AvgIpc) is 2.98. The van der Waals surface area contributed by atoms with Crippen molar-refractivity contribution in [1.82, 2.24) is 20.0 Å². The Kier molecular flexibility index (Phi) is 4.15. The van der Waals surface area contributed by atoms with Crippen molar-refractivity contribution in [2.45, 2.75) is 51.5 Å². The molecule has 0 bridgehead atoms. The van der Waals surface area contributed by atoms with Gasteiger partial charge in [-0.15, -0.1) is 0 Å². The second-order valence-corrected chi connectivity index (χ2v) is 6.26. The largest absolute Gasteiger partial charge is 0.327 e. The fraction of sp³-hybridized carbons (Fsp3) is 0.667. The van der Waals surface area contributed by atoms with E-state index in [9.17, 15) is 4.79 Å². The molecule has 1 aliphatic rings. The zero-order valence-electron chi connectivity index (χ0n) is 13.2. The minimum atomic E-state index is -0.129. The molecule has 0 radical (unpaired) electrons. The number of carbonyl (C=O) groups excluding carboxylic acids is 1. The number of nitrogens with one attached hydrogen (secondary N) is 2. The lowest BCUT2D eigenvalue weighted by molar-refractivity contribution is -0.120. The number of hydrogen-bond acceptors (Lipinski definition) is 4.